The lowest BCUT2D eigenvalue weighted by atomic mass is 9.77. The molecule has 2 fully saturated rings. The zero-order chi connectivity index (χ0) is 20.8. The van der Waals surface area contributed by atoms with E-state index in [1.54, 1.807) is 0 Å². The van der Waals surface area contributed by atoms with Crippen LogP contribution in [0.1, 0.15) is 43.7 Å². The standard InChI is InChI=1S/C21H32N2O2.CH2O2/c1-14(2)16-7-5-15(6-8-16)9-21(25)23-12-17-10-19(22(3)4)20(24)11-18(17)13-23;2-1-3/h5-8,14,17-20,24H,9-13H2,1-4H3;1H,(H,2,3)/t17-,18+,19-,20-;/m1./s1. The molecule has 6 nitrogen and oxygen atoms in total. The number of carboxylic acid groups (broad SMARTS) is 1. The first-order valence-electron chi connectivity index (χ1n) is 10.1. The van der Waals surface area contributed by atoms with Crippen molar-refractivity contribution in [2.75, 3.05) is 27.2 Å². The average molecular weight is 391 g/mol. The minimum absolute atomic E-state index is 0.222. The fourth-order valence-corrected chi connectivity index (χ4v) is 4.47. The number of nitrogens with zero attached hydrogens (tertiary/aromatic N) is 2. The predicted molar refractivity (Wildman–Crippen MR) is 109 cm³/mol. The van der Waals surface area contributed by atoms with Crippen LogP contribution in [0, 0.1) is 11.8 Å². The van der Waals surface area contributed by atoms with E-state index in [1.165, 1.54) is 5.56 Å². The van der Waals surface area contributed by atoms with Gasteiger partial charge in [0.2, 0.25) is 5.91 Å². The van der Waals surface area contributed by atoms with Crippen LogP contribution in [-0.4, -0.2) is 71.7 Å². The summed E-state index contributed by atoms with van der Waals surface area (Å²) in [6.45, 7) is 5.78. The molecule has 1 aliphatic carbocycles. The Morgan fingerprint density at radius 1 is 1.18 bits per heavy atom. The molecule has 3 rings (SSSR count). The molecule has 1 amide bonds. The molecule has 6 heteroatoms. The summed E-state index contributed by atoms with van der Waals surface area (Å²) in [5.41, 5.74) is 2.41. The summed E-state index contributed by atoms with van der Waals surface area (Å²) in [6.07, 6.45) is 2.03. The van der Waals surface area contributed by atoms with Gasteiger partial charge >= 0.3 is 0 Å². The van der Waals surface area contributed by atoms with E-state index in [-0.39, 0.29) is 24.5 Å². The molecular weight excluding hydrogens is 356 g/mol. The van der Waals surface area contributed by atoms with Gasteiger partial charge in [-0.05, 0) is 55.8 Å². The van der Waals surface area contributed by atoms with Crippen LogP contribution in [0.3, 0.4) is 0 Å². The molecule has 2 N–H and O–H groups in total. The first-order valence-corrected chi connectivity index (χ1v) is 10.1. The van der Waals surface area contributed by atoms with Gasteiger partial charge in [0.15, 0.2) is 0 Å². The maximum atomic E-state index is 12.7. The Bertz CT molecular complexity index is 644. The van der Waals surface area contributed by atoms with Crippen molar-refractivity contribution in [3.63, 3.8) is 0 Å². The number of amides is 1. The van der Waals surface area contributed by atoms with E-state index in [2.05, 4.69) is 43.0 Å². The monoisotopic (exact) mass is 390 g/mol. The van der Waals surface area contributed by atoms with Gasteiger partial charge in [0.05, 0.1) is 12.5 Å². The lowest BCUT2D eigenvalue weighted by molar-refractivity contribution is -0.129. The van der Waals surface area contributed by atoms with Crippen molar-refractivity contribution in [3.8, 4) is 0 Å². The Balaban J connectivity index is 0.000000878. The van der Waals surface area contributed by atoms with E-state index < -0.39 is 0 Å². The number of fused-ring (bicyclic) bond motifs is 1. The number of likely N-dealkylation sites (tertiary alicyclic amines) is 1. The first-order chi connectivity index (χ1) is 13.3. The number of aliphatic hydroxyl groups excluding tert-OH is 1. The van der Waals surface area contributed by atoms with Crippen molar-refractivity contribution in [1.29, 1.82) is 0 Å². The third kappa shape index (κ3) is 5.55. The highest BCUT2D eigenvalue weighted by Gasteiger charge is 2.43. The van der Waals surface area contributed by atoms with E-state index >= 15 is 0 Å². The summed E-state index contributed by atoms with van der Waals surface area (Å²) in [4.78, 5) is 25.2. The number of hydrogen-bond acceptors (Lipinski definition) is 4. The molecule has 1 heterocycles. The van der Waals surface area contributed by atoms with Gasteiger partial charge in [-0.15, -0.1) is 0 Å². The zero-order valence-electron chi connectivity index (χ0n) is 17.4. The third-order valence-electron chi connectivity index (χ3n) is 6.13. The van der Waals surface area contributed by atoms with Gasteiger partial charge in [-0.2, -0.15) is 0 Å². The van der Waals surface area contributed by atoms with Crippen molar-refractivity contribution in [2.24, 2.45) is 11.8 Å². The van der Waals surface area contributed by atoms with Crippen molar-refractivity contribution in [2.45, 2.75) is 51.2 Å². The maximum absolute atomic E-state index is 12.7. The molecule has 0 bridgehead atoms. The molecule has 1 saturated heterocycles. The number of likely N-dealkylation sites (N-methyl/N-ethyl adjacent to an activating group) is 1. The highest BCUT2D eigenvalue weighted by molar-refractivity contribution is 5.79. The number of aliphatic hydroxyl groups is 1. The number of carbonyl (C=O) groups excluding carboxylic acids is 1. The van der Waals surface area contributed by atoms with Crippen LogP contribution in [-0.2, 0) is 16.0 Å². The largest absolute Gasteiger partial charge is 0.483 e. The van der Waals surface area contributed by atoms with Crippen LogP contribution in [0.15, 0.2) is 24.3 Å². The van der Waals surface area contributed by atoms with Crippen molar-refractivity contribution >= 4 is 12.4 Å². The van der Waals surface area contributed by atoms with Gasteiger partial charge in [-0.1, -0.05) is 38.1 Å². The van der Waals surface area contributed by atoms with Gasteiger partial charge in [0.25, 0.3) is 6.47 Å². The molecule has 1 aromatic carbocycles. The molecule has 4 atom stereocenters. The molecule has 1 aromatic rings. The van der Waals surface area contributed by atoms with E-state index in [0.29, 0.717) is 24.2 Å². The van der Waals surface area contributed by atoms with E-state index in [1.807, 2.05) is 19.0 Å². The molecule has 156 valence electrons. The van der Waals surface area contributed by atoms with Crippen molar-refractivity contribution < 1.29 is 19.8 Å². The second kappa shape index (κ2) is 10.0. The second-order valence-corrected chi connectivity index (χ2v) is 8.57. The highest BCUT2D eigenvalue weighted by atomic mass is 16.3. The lowest BCUT2D eigenvalue weighted by Crippen LogP contribution is -2.46. The Labute approximate surface area is 168 Å². The average Bonchev–Trinajstić information content (AvgIpc) is 3.05. The molecule has 1 aliphatic heterocycles. The molecule has 0 spiro atoms. The van der Waals surface area contributed by atoms with Crippen LogP contribution in [0.5, 0.6) is 0 Å². The van der Waals surface area contributed by atoms with Gasteiger partial charge in [-0.25, -0.2) is 0 Å². The summed E-state index contributed by atoms with van der Waals surface area (Å²) >= 11 is 0. The van der Waals surface area contributed by atoms with Gasteiger partial charge in [0, 0.05) is 19.1 Å². The maximum Gasteiger partial charge on any atom is 0.290 e. The van der Waals surface area contributed by atoms with Crippen LogP contribution in [0.25, 0.3) is 0 Å². The summed E-state index contributed by atoms with van der Waals surface area (Å²) in [5.74, 6) is 1.73. The zero-order valence-corrected chi connectivity index (χ0v) is 17.4. The normalized spacial score (nSPS) is 26.6. The Kier molecular flexibility index (Phi) is 8.01. The fourth-order valence-electron chi connectivity index (χ4n) is 4.47. The van der Waals surface area contributed by atoms with Crippen LogP contribution >= 0.6 is 0 Å². The number of rotatable bonds is 4. The fraction of sp³-hybridized carbons (Fsp3) is 0.636. The Hall–Kier alpha value is -1.92. The number of hydrogen-bond donors (Lipinski definition) is 2. The first kappa shape index (κ1) is 22.4. The molecule has 0 aromatic heterocycles. The Morgan fingerprint density at radius 3 is 2.21 bits per heavy atom. The third-order valence-corrected chi connectivity index (χ3v) is 6.13. The molecule has 1 saturated carbocycles. The predicted octanol–water partition coefficient (Wildman–Crippen LogP) is 2.21. The molecule has 28 heavy (non-hydrogen) atoms. The molecule has 0 radical (unpaired) electrons. The van der Waals surface area contributed by atoms with Crippen molar-refractivity contribution in [1.82, 2.24) is 9.80 Å². The summed E-state index contributed by atoms with van der Waals surface area (Å²) in [5, 5.41) is 17.3. The lowest BCUT2D eigenvalue weighted by Gasteiger charge is -2.38. The molecular formula is C22H34N2O4. The van der Waals surface area contributed by atoms with Gasteiger partial charge < -0.3 is 20.0 Å². The summed E-state index contributed by atoms with van der Waals surface area (Å²) in [7, 11) is 4.07. The smallest absolute Gasteiger partial charge is 0.290 e. The van der Waals surface area contributed by atoms with Crippen LogP contribution in [0.2, 0.25) is 0 Å². The summed E-state index contributed by atoms with van der Waals surface area (Å²) in [6, 6.07) is 8.66. The summed E-state index contributed by atoms with van der Waals surface area (Å²) < 4.78 is 0. The van der Waals surface area contributed by atoms with Gasteiger partial charge in [-0.3, -0.25) is 9.59 Å². The highest BCUT2D eigenvalue weighted by Crippen LogP contribution is 2.38. The van der Waals surface area contributed by atoms with E-state index in [4.69, 9.17) is 9.90 Å². The molecule has 2 aliphatic rings. The van der Waals surface area contributed by atoms with Gasteiger partial charge in [0.1, 0.15) is 0 Å². The number of carbonyl (C=O) groups is 2. The Morgan fingerprint density at radius 2 is 1.71 bits per heavy atom. The number of benzene rings is 1. The van der Waals surface area contributed by atoms with Crippen LogP contribution < -0.4 is 0 Å². The van der Waals surface area contributed by atoms with E-state index in [9.17, 15) is 9.90 Å². The second-order valence-electron chi connectivity index (χ2n) is 8.57. The minimum Gasteiger partial charge on any atom is -0.483 e. The van der Waals surface area contributed by atoms with Crippen molar-refractivity contribution in [3.05, 3.63) is 35.4 Å². The van der Waals surface area contributed by atoms with Crippen LogP contribution in [0.4, 0.5) is 0 Å². The molecule has 0 unspecified atom stereocenters. The van der Waals surface area contributed by atoms with E-state index in [0.717, 1.165) is 31.5 Å². The SMILES string of the molecule is CC(C)c1ccc(CC(=O)N2C[C@H]3C[C@@H](N(C)C)[C@H](O)C[C@H]3C2)cc1.O=CO. The minimum atomic E-state index is -0.269. The topological polar surface area (TPSA) is 81.1 Å². The quantitative estimate of drug-likeness (QED) is 0.771.